The van der Waals surface area contributed by atoms with Crippen LogP contribution >= 0.6 is 0 Å². The Kier molecular flexibility index (Phi) is 7.74. The van der Waals surface area contributed by atoms with Crippen LogP contribution in [0.4, 0.5) is 0 Å². The number of hydrogen-bond acceptors (Lipinski definition) is 6. The van der Waals surface area contributed by atoms with Crippen LogP contribution in [0.25, 0.3) is 0 Å². The highest BCUT2D eigenvalue weighted by Crippen LogP contribution is 2.69. The molecule has 4 saturated carbocycles. The summed E-state index contributed by atoms with van der Waals surface area (Å²) in [7, 11) is 0. The van der Waals surface area contributed by atoms with E-state index in [1.54, 1.807) is 0 Å². The van der Waals surface area contributed by atoms with Crippen molar-refractivity contribution >= 4 is 5.97 Å². The van der Waals surface area contributed by atoms with Gasteiger partial charge in [-0.1, -0.05) is 53.9 Å². The summed E-state index contributed by atoms with van der Waals surface area (Å²) in [5.74, 6) is 2.89. The summed E-state index contributed by atoms with van der Waals surface area (Å²) in [6, 6.07) is 0. The van der Waals surface area contributed by atoms with Gasteiger partial charge < -0.3 is 14.7 Å². The van der Waals surface area contributed by atoms with Gasteiger partial charge in [0.1, 0.15) is 17.8 Å². The molecule has 0 aliphatic heterocycles. The quantitative estimate of drug-likeness (QED) is 0.234. The zero-order chi connectivity index (χ0) is 26.5. The molecular weight excluding hydrogens is 458 g/mol. The first-order valence-corrected chi connectivity index (χ1v) is 14.5. The summed E-state index contributed by atoms with van der Waals surface area (Å²) in [6.45, 7) is 13.0. The standard InChI is InChI=1S/C29H49NO6/c1-18(2)8-7-9-19(3)23-10-11-24-22-16-26(36-30(33)34)29(32)17-21(35-20(4)31)12-15-28(29,6)25(22)13-14-27(23,24)5/h18-19,21-26,32H,7-17H2,1-6H3/t19-,21+,22+,23-,24+,25+,26-,27-,28-,29+/m1/s1. The fraction of sp³-hybridized carbons (Fsp3) is 0.966. The molecule has 0 aromatic heterocycles. The zero-order valence-corrected chi connectivity index (χ0v) is 23.3. The lowest BCUT2D eigenvalue weighted by molar-refractivity contribution is -0.775. The fourth-order valence-corrected chi connectivity index (χ4v) is 9.81. The van der Waals surface area contributed by atoms with Gasteiger partial charge in [-0.25, -0.2) is 0 Å². The molecule has 4 aliphatic carbocycles. The van der Waals surface area contributed by atoms with E-state index < -0.39 is 28.3 Å². The van der Waals surface area contributed by atoms with Gasteiger partial charge in [0.25, 0.3) is 5.09 Å². The van der Waals surface area contributed by atoms with Crippen LogP contribution in [0.3, 0.4) is 0 Å². The molecule has 0 aromatic carbocycles. The molecule has 0 spiro atoms. The van der Waals surface area contributed by atoms with Crippen LogP contribution in [0.5, 0.6) is 0 Å². The van der Waals surface area contributed by atoms with Crippen LogP contribution in [0, 0.1) is 56.5 Å². The van der Waals surface area contributed by atoms with E-state index >= 15 is 0 Å². The number of rotatable bonds is 8. The number of ether oxygens (including phenoxy) is 1. The van der Waals surface area contributed by atoms with Gasteiger partial charge in [0.15, 0.2) is 0 Å². The second-order valence-corrected chi connectivity index (χ2v) is 13.8. The van der Waals surface area contributed by atoms with Crippen LogP contribution in [0.2, 0.25) is 0 Å². The number of nitrogens with zero attached hydrogens (tertiary/aromatic N) is 1. The summed E-state index contributed by atoms with van der Waals surface area (Å²) >= 11 is 0. The fourth-order valence-electron chi connectivity index (χ4n) is 9.81. The Morgan fingerprint density at radius 2 is 1.81 bits per heavy atom. The van der Waals surface area contributed by atoms with Gasteiger partial charge in [0.2, 0.25) is 0 Å². The number of aliphatic hydroxyl groups is 1. The van der Waals surface area contributed by atoms with E-state index in [9.17, 15) is 20.0 Å². The average Bonchev–Trinajstić information content (AvgIpc) is 3.12. The smallest absolute Gasteiger partial charge is 0.302 e. The third kappa shape index (κ3) is 4.67. The topological polar surface area (TPSA) is 98.9 Å². The molecule has 7 heteroatoms. The number of hydrogen-bond donors (Lipinski definition) is 1. The third-order valence-electron chi connectivity index (χ3n) is 11.5. The predicted molar refractivity (Wildman–Crippen MR) is 137 cm³/mol. The Morgan fingerprint density at radius 3 is 2.44 bits per heavy atom. The normalized spacial score (nSPS) is 44.8. The average molecular weight is 508 g/mol. The first-order chi connectivity index (χ1) is 16.8. The van der Waals surface area contributed by atoms with Crippen molar-refractivity contribution in [1.82, 2.24) is 0 Å². The summed E-state index contributed by atoms with van der Waals surface area (Å²) in [4.78, 5) is 28.5. The Bertz CT molecular complexity index is 833. The molecule has 4 rings (SSSR count). The predicted octanol–water partition coefficient (Wildman–Crippen LogP) is 6.34. The molecule has 4 fully saturated rings. The second kappa shape index (κ2) is 10.1. The summed E-state index contributed by atoms with van der Waals surface area (Å²) in [5.41, 5.74) is -1.62. The lowest BCUT2D eigenvalue weighted by atomic mass is 9.42. The maximum Gasteiger partial charge on any atom is 0.302 e. The third-order valence-corrected chi connectivity index (χ3v) is 11.5. The van der Waals surface area contributed by atoms with Crippen molar-refractivity contribution in [3.8, 4) is 0 Å². The van der Waals surface area contributed by atoms with Gasteiger partial charge in [0, 0.05) is 18.8 Å². The van der Waals surface area contributed by atoms with Gasteiger partial charge in [-0.05, 0) is 85.9 Å². The van der Waals surface area contributed by atoms with E-state index in [-0.39, 0.29) is 17.8 Å². The first kappa shape index (κ1) is 27.7. The van der Waals surface area contributed by atoms with E-state index in [2.05, 4.69) is 34.6 Å². The highest BCUT2D eigenvalue weighted by molar-refractivity contribution is 5.66. The molecule has 0 aromatic rings. The number of carbonyl (C=O) groups is 1. The Labute approximate surface area is 217 Å². The summed E-state index contributed by atoms with van der Waals surface area (Å²) in [6.07, 6.45) is 9.27. The van der Waals surface area contributed by atoms with Crippen LogP contribution in [0.1, 0.15) is 112 Å². The molecular formula is C29H49NO6. The van der Waals surface area contributed by atoms with E-state index in [4.69, 9.17) is 9.57 Å². The van der Waals surface area contributed by atoms with Crippen LogP contribution in [0.15, 0.2) is 0 Å². The van der Waals surface area contributed by atoms with Crippen LogP contribution < -0.4 is 0 Å². The lowest BCUT2D eigenvalue weighted by Gasteiger charge is -2.65. The molecule has 36 heavy (non-hydrogen) atoms. The van der Waals surface area contributed by atoms with Gasteiger partial charge in [-0.15, -0.1) is 10.1 Å². The summed E-state index contributed by atoms with van der Waals surface area (Å²) < 4.78 is 5.49. The maximum absolute atomic E-state index is 12.1. The Balaban J connectivity index is 1.59. The Hall–Kier alpha value is -1.37. The van der Waals surface area contributed by atoms with Crippen molar-refractivity contribution in [2.45, 2.75) is 130 Å². The molecule has 4 aliphatic rings. The SMILES string of the molecule is CC(=O)O[C@H]1CC[C@]2(C)[C@H]3CC[C@]4(C)[C@@H]([C@H](C)CCCC(C)C)CC[C@H]4[C@@H]3C[C@@H](O[N+](=O)[O-])[C@@]2(O)C1. The molecule has 10 atom stereocenters. The minimum Gasteiger partial charge on any atom is -0.462 e. The largest absolute Gasteiger partial charge is 0.462 e. The maximum atomic E-state index is 12.1. The molecule has 0 heterocycles. The van der Waals surface area contributed by atoms with Crippen molar-refractivity contribution < 1.29 is 24.6 Å². The van der Waals surface area contributed by atoms with Crippen LogP contribution in [-0.4, -0.2) is 34.0 Å². The molecule has 1 N–H and O–H groups in total. The minimum absolute atomic E-state index is 0.211. The highest BCUT2D eigenvalue weighted by atomic mass is 17.0. The Morgan fingerprint density at radius 1 is 1.08 bits per heavy atom. The second-order valence-electron chi connectivity index (χ2n) is 13.8. The zero-order valence-electron chi connectivity index (χ0n) is 23.3. The van der Waals surface area contributed by atoms with Gasteiger partial charge >= 0.3 is 5.97 Å². The monoisotopic (exact) mass is 507 g/mol. The van der Waals surface area contributed by atoms with Gasteiger partial charge in [0.05, 0.1) is 0 Å². The molecule has 0 saturated heterocycles. The number of esters is 1. The highest BCUT2D eigenvalue weighted by Gasteiger charge is 2.68. The van der Waals surface area contributed by atoms with E-state index in [0.717, 1.165) is 18.8 Å². The van der Waals surface area contributed by atoms with Crippen molar-refractivity contribution in [2.75, 3.05) is 0 Å². The first-order valence-electron chi connectivity index (χ1n) is 14.5. The van der Waals surface area contributed by atoms with E-state index in [1.807, 2.05) is 0 Å². The van der Waals surface area contributed by atoms with E-state index in [1.165, 1.54) is 39.0 Å². The van der Waals surface area contributed by atoms with E-state index in [0.29, 0.717) is 48.9 Å². The number of carbonyl (C=O) groups excluding carboxylic acids is 1. The molecule has 0 amide bonds. The van der Waals surface area contributed by atoms with Gasteiger partial charge in [-0.2, -0.15) is 0 Å². The molecule has 0 bridgehead atoms. The van der Waals surface area contributed by atoms with Crippen LogP contribution in [-0.2, 0) is 14.4 Å². The lowest BCUT2D eigenvalue weighted by Crippen LogP contribution is -2.69. The van der Waals surface area contributed by atoms with Crippen molar-refractivity contribution in [2.24, 2.45) is 46.3 Å². The molecule has 0 unspecified atom stereocenters. The molecule has 206 valence electrons. The molecule has 0 radical (unpaired) electrons. The van der Waals surface area contributed by atoms with Crippen molar-refractivity contribution in [3.63, 3.8) is 0 Å². The van der Waals surface area contributed by atoms with Crippen molar-refractivity contribution in [3.05, 3.63) is 10.1 Å². The molecule has 7 nitrogen and oxygen atoms in total. The summed E-state index contributed by atoms with van der Waals surface area (Å²) in [5, 5.41) is 23.0. The van der Waals surface area contributed by atoms with Gasteiger partial charge in [-0.3, -0.25) is 4.79 Å². The minimum atomic E-state index is -1.38. The van der Waals surface area contributed by atoms with Crippen molar-refractivity contribution in [1.29, 1.82) is 0 Å². The number of fused-ring (bicyclic) bond motifs is 5.